The SMILES string of the molecule is C[C@]12C(=O)N(c3cccc(N4C(=O)[C@@H]5C6c7ccccc7C(c7ccccc76)[C@@H]5C4=O)c3)C(=O)[C@@H]1[C@H]1C=C[C@H]2C1. The van der Waals surface area contributed by atoms with E-state index >= 15 is 0 Å². The fourth-order valence-electron chi connectivity index (χ4n) is 9.25. The Balaban J connectivity index is 1.12. The molecule has 4 bridgehead atoms. The van der Waals surface area contributed by atoms with Crippen LogP contribution in [0.15, 0.2) is 84.9 Å². The molecule has 5 aliphatic carbocycles. The molecule has 6 atom stereocenters. The zero-order chi connectivity index (χ0) is 27.1. The van der Waals surface area contributed by atoms with E-state index < -0.39 is 17.3 Å². The third-order valence-corrected chi connectivity index (χ3v) is 10.9. The average Bonchev–Trinajstić information content (AvgIpc) is 3.69. The molecule has 4 amide bonds. The molecule has 3 fully saturated rings. The number of carbonyl (C=O) groups is 4. The number of benzene rings is 3. The summed E-state index contributed by atoms with van der Waals surface area (Å²) in [6.45, 7) is 1.92. The summed E-state index contributed by atoms with van der Waals surface area (Å²) >= 11 is 0. The van der Waals surface area contributed by atoms with Crippen molar-refractivity contribution in [1.29, 1.82) is 0 Å². The van der Waals surface area contributed by atoms with Gasteiger partial charge in [0, 0.05) is 11.8 Å². The van der Waals surface area contributed by atoms with Crippen LogP contribution in [0.1, 0.15) is 47.4 Å². The summed E-state index contributed by atoms with van der Waals surface area (Å²) in [6.07, 6.45) is 5.01. The number of carbonyl (C=O) groups excluding carboxylic acids is 4. The third kappa shape index (κ3) is 2.39. The molecule has 0 radical (unpaired) electrons. The van der Waals surface area contributed by atoms with E-state index in [1.54, 1.807) is 24.3 Å². The van der Waals surface area contributed by atoms with Crippen LogP contribution in [-0.4, -0.2) is 23.6 Å². The molecule has 3 aromatic carbocycles. The van der Waals surface area contributed by atoms with E-state index in [0.717, 1.165) is 28.7 Å². The predicted octanol–water partition coefficient (Wildman–Crippen LogP) is 4.78. The number of fused-ring (bicyclic) bond motifs is 5. The van der Waals surface area contributed by atoms with E-state index in [9.17, 15) is 19.2 Å². The molecular formula is C34H26N2O4. The monoisotopic (exact) mass is 526 g/mol. The number of hydrogen-bond donors (Lipinski definition) is 0. The summed E-state index contributed by atoms with van der Waals surface area (Å²) in [6, 6.07) is 23.2. The first-order valence-corrected chi connectivity index (χ1v) is 14.1. The maximum absolute atomic E-state index is 14.2. The van der Waals surface area contributed by atoms with Crippen LogP contribution in [0.25, 0.3) is 0 Å². The van der Waals surface area contributed by atoms with Gasteiger partial charge in [-0.1, -0.05) is 66.7 Å². The standard InChI is InChI=1S/C34H26N2O4/c1-34-18-14-13-17(15-18)29(34)32(39)36(33(34)40)20-8-6-7-19(16-20)35-30(37)27-25-21-9-2-3-10-22(21)26(28(27)31(35)38)24-12-5-4-11-23(24)25/h2-14,16-18,25-29H,15H2,1H3/t17-,18-,25?,26?,27-,28+,29-,34+/m0/s1. The molecule has 0 N–H and O–H groups in total. The summed E-state index contributed by atoms with van der Waals surface area (Å²) < 4.78 is 0. The highest BCUT2D eigenvalue weighted by Gasteiger charge is 2.67. The van der Waals surface area contributed by atoms with Gasteiger partial charge in [-0.25, -0.2) is 9.80 Å². The molecule has 196 valence electrons. The van der Waals surface area contributed by atoms with Crippen molar-refractivity contribution in [2.45, 2.75) is 25.2 Å². The first kappa shape index (κ1) is 22.5. The van der Waals surface area contributed by atoms with Crippen LogP contribution in [0.2, 0.25) is 0 Å². The van der Waals surface area contributed by atoms with Gasteiger partial charge in [0.1, 0.15) is 0 Å². The molecule has 3 aromatic rings. The van der Waals surface area contributed by atoms with Gasteiger partial charge in [-0.3, -0.25) is 19.2 Å². The molecule has 7 aliphatic rings. The Bertz CT molecular complexity index is 1640. The second-order valence-corrected chi connectivity index (χ2v) is 12.4. The van der Waals surface area contributed by atoms with Gasteiger partial charge in [0.15, 0.2) is 0 Å². The van der Waals surface area contributed by atoms with Crippen molar-refractivity contribution in [2.75, 3.05) is 9.80 Å². The Hall–Kier alpha value is -4.32. The topological polar surface area (TPSA) is 74.8 Å². The van der Waals surface area contributed by atoms with Gasteiger partial charge in [0.25, 0.3) is 0 Å². The van der Waals surface area contributed by atoms with Crippen LogP contribution < -0.4 is 9.80 Å². The Morgan fingerprint density at radius 1 is 0.650 bits per heavy atom. The van der Waals surface area contributed by atoms with Crippen LogP contribution >= 0.6 is 0 Å². The Labute approximate surface area is 231 Å². The highest BCUT2D eigenvalue weighted by atomic mass is 16.2. The highest BCUT2D eigenvalue weighted by Crippen LogP contribution is 2.62. The van der Waals surface area contributed by atoms with Gasteiger partial charge in [-0.05, 0) is 65.6 Å². The third-order valence-electron chi connectivity index (χ3n) is 10.9. The molecular weight excluding hydrogens is 500 g/mol. The van der Waals surface area contributed by atoms with E-state index in [4.69, 9.17) is 0 Å². The number of hydrogen-bond acceptors (Lipinski definition) is 4. The molecule has 2 saturated heterocycles. The molecule has 0 aromatic heterocycles. The maximum atomic E-state index is 14.2. The van der Waals surface area contributed by atoms with Gasteiger partial charge >= 0.3 is 0 Å². The average molecular weight is 527 g/mol. The lowest BCUT2D eigenvalue weighted by molar-refractivity contribution is -0.127. The van der Waals surface area contributed by atoms with Crippen molar-refractivity contribution < 1.29 is 19.2 Å². The Kier molecular flexibility index (Phi) is 4.07. The van der Waals surface area contributed by atoms with Crippen LogP contribution in [0.4, 0.5) is 11.4 Å². The largest absolute Gasteiger partial charge is 0.274 e. The first-order chi connectivity index (χ1) is 19.4. The van der Waals surface area contributed by atoms with Gasteiger partial charge < -0.3 is 0 Å². The molecule has 2 heterocycles. The van der Waals surface area contributed by atoms with Crippen molar-refractivity contribution in [1.82, 2.24) is 0 Å². The van der Waals surface area contributed by atoms with Crippen LogP contribution in [0.5, 0.6) is 0 Å². The van der Waals surface area contributed by atoms with Crippen molar-refractivity contribution in [3.63, 3.8) is 0 Å². The zero-order valence-electron chi connectivity index (χ0n) is 21.9. The smallest absolute Gasteiger partial charge is 0.241 e. The number of nitrogens with zero attached hydrogens (tertiary/aromatic N) is 2. The van der Waals surface area contributed by atoms with Gasteiger partial charge in [0.05, 0.1) is 34.5 Å². The number of rotatable bonds is 2. The minimum absolute atomic E-state index is 0.0655. The van der Waals surface area contributed by atoms with Gasteiger partial charge in [-0.2, -0.15) is 0 Å². The molecule has 0 unspecified atom stereocenters. The summed E-state index contributed by atoms with van der Waals surface area (Å²) in [5.74, 6) is -2.34. The van der Waals surface area contributed by atoms with Crippen molar-refractivity contribution in [2.24, 2.45) is 35.0 Å². The lowest BCUT2D eigenvalue weighted by Gasteiger charge is -2.45. The summed E-state index contributed by atoms with van der Waals surface area (Å²) in [7, 11) is 0. The number of anilines is 2. The Morgan fingerprint density at radius 2 is 1.18 bits per heavy atom. The molecule has 0 spiro atoms. The van der Waals surface area contributed by atoms with Crippen molar-refractivity contribution >= 4 is 35.0 Å². The summed E-state index contributed by atoms with van der Waals surface area (Å²) in [5, 5.41) is 0. The summed E-state index contributed by atoms with van der Waals surface area (Å²) in [5.41, 5.74) is 4.60. The van der Waals surface area contributed by atoms with Crippen LogP contribution in [-0.2, 0) is 19.2 Å². The van der Waals surface area contributed by atoms with E-state index in [1.807, 2.05) is 31.2 Å². The second kappa shape index (κ2) is 7.25. The number of amides is 4. The number of imide groups is 2. The highest BCUT2D eigenvalue weighted by molar-refractivity contribution is 6.26. The normalized spacial score (nSPS) is 35.9. The quantitative estimate of drug-likeness (QED) is 0.356. The van der Waals surface area contributed by atoms with Crippen molar-refractivity contribution in [3.05, 3.63) is 107 Å². The van der Waals surface area contributed by atoms with Crippen LogP contribution in [0.3, 0.4) is 0 Å². The molecule has 1 saturated carbocycles. The Morgan fingerprint density at radius 3 is 1.70 bits per heavy atom. The van der Waals surface area contributed by atoms with E-state index in [2.05, 4.69) is 36.4 Å². The van der Waals surface area contributed by atoms with Gasteiger partial charge in [-0.15, -0.1) is 0 Å². The first-order valence-electron chi connectivity index (χ1n) is 14.1. The van der Waals surface area contributed by atoms with E-state index in [1.165, 1.54) is 9.80 Å². The second-order valence-electron chi connectivity index (χ2n) is 12.4. The molecule has 10 rings (SSSR count). The minimum atomic E-state index is -0.739. The maximum Gasteiger partial charge on any atom is 0.241 e. The fraction of sp³-hybridized carbons (Fsp3) is 0.294. The van der Waals surface area contributed by atoms with Crippen LogP contribution in [0, 0.1) is 35.0 Å². The molecule has 2 aliphatic heterocycles. The lowest BCUT2D eigenvalue weighted by Crippen LogP contribution is -2.41. The zero-order valence-corrected chi connectivity index (χ0v) is 21.9. The summed E-state index contributed by atoms with van der Waals surface area (Å²) in [4.78, 5) is 58.3. The van der Waals surface area contributed by atoms with Crippen molar-refractivity contribution in [3.8, 4) is 0 Å². The fourth-order valence-corrected chi connectivity index (χ4v) is 9.25. The molecule has 40 heavy (non-hydrogen) atoms. The minimum Gasteiger partial charge on any atom is -0.274 e. The van der Waals surface area contributed by atoms with Gasteiger partial charge in [0.2, 0.25) is 23.6 Å². The lowest BCUT2D eigenvalue weighted by atomic mass is 9.55. The predicted molar refractivity (Wildman–Crippen MR) is 147 cm³/mol. The number of allylic oxidation sites excluding steroid dienone is 2. The molecule has 6 heteroatoms. The van der Waals surface area contributed by atoms with E-state index in [0.29, 0.717) is 11.4 Å². The van der Waals surface area contributed by atoms with E-state index in [-0.39, 0.29) is 53.2 Å². The molecule has 6 nitrogen and oxygen atoms in total.